The van der Waals surface area contributed by atoms with Gasteiger partial charge in [0, 0.05) is 13.1 Å². The SMILES string of the molecule is CNCCOc1ccc(S(=O)(=O)NCCC2CCC2)cc1. The van der Waals surface area contributed by atoms with Crippen LogP contribution in [0, 0.1) is 5.92 Å². The van der Waals surface area contributed by atoms with E-state index in [4.69, 9.17) is 4.74 Å². The van der Waals surface area contributed by atoms with Crippen molar-refractivity contribution in [3.63, 3.8) is 0 Å². The van der Waals surface area contributed by atoms with Crippen molar-refractivity contribution in [3.05, 3.63) is 24.3 Å². The minimum absolute atomic E-state index is 0.289. The average molecular weight is 312 g/mol. The van der Waals surface area contributed by atoms with Gasteiger partial charge in [-0.05, 0) is 43.7 Å². The van der Waals surface area contributed by atoms with Gasteiger partial charge in [0.15, 0.2) is 0 Å². The molecule has 1 aromatic rings. The van der Waals surface area contributed by atoms with Crippen LogP contribution in [0.15, 0.2) is 29.2 Å². The Morgan fingerprint density at radius 1 is 1.19 bits per heavy atom. The van der Waals surface area contributed by atoms with Crippen LogP contribution in [0.3, 0.4) is 0 Å². The first-order valence-corrected chi connectivity index (χ1v) is 8.97. The molecule has 1 aromatic carbocycles. The van der Waals surface area contributed by atoms with Crippen molar-refractivity contribution in [3.8, 4) is 5.75 Å². The second kappa shape index (κ2) is 7.77. The Bertz CT molecular complexity index is 524. The fourth-order valence-corrected chi connectivity index (χ4v) is 3.30. The molecule has 0 atom stereocenters. The van der Waals surface area contributed by atoms with E-state index in [2.05, 4.69) is 10.0 Å². The number of benzene rings is 1. The van der Waals surface area contributed by atoms with E-state index in [9.17, 15) is 8.42 Å². The number of sulfonamides is 1. The lowest BCUT2D eigenvalue weighted by atomic mass is 9.83. The molecular weight excluding hydrogens is 288 g/mol. The van der Waals surface area contributed by atoms with E-state index < -0.39 is 10.0 Å². The molecule has 0 aliphatic heterocycles. The predicted octanol–water partition coefficient (Wildman–Crippen LogP) is 1.75. The zero-order valence-electron chi connectivity index (χ0n) is 12.5. The molecule has 0 bridgehead atoms. The van der Waals surface area contributed by atoms with Gasteiger partial charge in [0.2, 0.25) is 10.0 Å². The smallest absolute Gasteiger partial charge is 0.240 e. The molecule has 0 unspecified atom stereocenters. The highest BCUT2D eigenvalue weighted by Crippen LogP contribution is 2.28. The van der Waals surface area contributed by atoms with Gasteiger partial charge < -0.3 is 10.1 Å². The summed E-state index contributed by atoms with van der Waals surface area (Å²) >= 11 is 0. The summed E-state index contributed by atoms with van der Waals surface area (Å²) in [4.78, 5) is 0.289. The molecule has 0 radical (unpaired) electrons. The van der Waals surface area contributed by atoms with Crippen LogP contribution in [0.1, 0.15) is 25.7 Å². The summed E-state index contributed by atoms with van der Waals surface area (Å²) < 4.78 is 32.4. The zero-order valence-corrected chi connectivity index (χ0v) is 13.3. The molecule has 21 heavy (non-hydrogen) atoms. The van der Waals surface area contributed by atoms with Gasteiger partial charge in [-0.2, -0.15) is 0 Å². The fraction of sp³-hybridized carbons (Fsp3) is 0.600. The highest BCUT2D eigenvalue weighted by Gasteiger charge is 2.19. The summed E-state index contributed by atoms with van der Waals surface area (Å²) in [5, 5.41) is 2.98. The highest BCUT2D eigenvalue weighted by molar-refractivity contribution is 7.89. The molecule has 5 nitrogen and oxygen atoms in total. The van der Waals surface area contributed by atoms with Crippen LogP contribution >= 0.6 is 0 Å². The maximum absolute atomic E-state index is 12.1. The Balaban J connectivity index is 1.83. The second-order valence-corrected chi connectivity index (χ2v) is 7.17. The van der Waals surface area contributed by atoms with Gasteiger partial charge in [0.1, 0.15) is 12.4 Å². The van der Waals surface area contributed by atoms with Crippen LogP contribution in [0.25, 0.3) is 0 Å². The Labute approximate surface area is 127 Å². The van der Waals surface area contributed by atoms with Crippen molar-refractivity contribution in [1.29, 1.82) is 0 Å². The summed E-state index contributed by atoms with van der Waals surface area (Å²) in [6, 6.07) is 6.55. The Morgan fingerprint density at radius 3 is 2.48 bits per heavy atom. The molecule has 2 N–H and O–H groups in total. The van der Waals surface area contributed by atoms with Crippen LogP contribution in [0.4, 0.5) is 0 Å². The van der Waals surface area contributed by atoms with Crippen molar-refractivity contribution in [2.75, 3.05) is 26.7 Å². The van der Waals surface area contributed by atoms with Crippen molar-refractivity contribution in [2.24, 2.45) is 5.92 Å². The molecule has 1 aliphatic carbocycles. The number of hydrogen-bond donors (Lipinski definition) is 2. The first-order chi connectivity index (χ1) is 10.1. The molecule has 1 fully saturated rings. The largest absolute Gasteiger partial charge is 0.492 e. The molecular formula is C15H24N2O3S. The molecule has 1 saturated carbocycles. The molecule has 0 spiro atoms. The monoisotopic (exact) mass is 312 g/mol. The number of nitrogens with one attached hydrogen (secondary N) is 2. The Morgan fingerprint density at radius 2 is 1.90 bits per heavy atom. The Hall–Kier alpha value is -1.11. The van der Waals surface area contributed by atoms with E-state index in [-0.39, 0.29) is 4.90 Å². The molecule has 0 heterocycles. The molecule has 118 valence electrons. The number of likely N-dealkylation sites (N-methyl/N-ethyl adjacent to an activating group) is 1. The lowest BCUT2D eigenvalue weighted by Crippen LogP contribution is -2.27. The van der Waals surface area contributed by atoms with Crippen molar-refractivity contribution in [2.45, 2.75) is 30.6 Å². The summed E-state index contributed by atoms with van der Waals surface area (Å²) in [7, 11) is -1.54. The van der Waals surface area contributed by atoms with Gasteiger partial charge in [-0.15, -0.1) is 0 Å². The first-order valence-electron chi connectivity index (χ1n) is 7.49. The minimum Gasteiger partial charge on any atom is -0.492 e. The quantitative estimate of drug-likeness (QED) is 0.682. The summed E-state index contributed by atoms with van der Waals surface area (Å²) in [5.74, 6) is 1.38. The predicted molar refractivity (Wildman–Crippen MR) is 83.0 cm³/mol. The molecule has 2 rings (SSSR count). The van der Waals surface area contributed by atoms with E-state index in [0.29, 0.717) is 24.8 Å². The third-order valence-electron chi connectivity index (χ3n) is 3.82. The lowest BCUT2D eigenvalue weighted by Gasteiger charge is -2.25. The van der Waals surface area contributed by atoms with E-state index >= 15 is 0 Å². The molecule has 0 aromatic heterocycles. The lowest BCUT2D eigenvalue weighted by molar-refractivity contribution is 0.297. The summed E-state index contributed by atoms with van der Waals surface area (Å²) in [6.45, 7) is 1.83. The summed E-state index contributed by atoms with van der Waals surface area (Å²) in [6.07, 6.45) is 4.69. The maximum atomic E-state index is 12.1. The van der Waals surface area contributed by atoms with Crippen molar-refractivity contribution in [1.82, 2.24) is 10.0 Å². The third kappa shape index (κ3) is 4.98. The van der Waals surface area contributed by atoms with E-state index in [1.807, 2.05) is 7.05 Å². The number of hydrogen-bond acceptors (Lipinski definition) is 4. The highest BCUT2D eigenvalue weighted by atomic mass is 32.2. The first kappa shape index (κ1) is 16.3. The van der Waals surface area contributed by atoms with Gasteiger partial charge in [0.25, 0.3) is 0 Å². The minimum atomic E-state index is -3.40. The zero-order chi connectivity index (χ0) is 15.1. The summed E-state index contributed by atoms with van der Waals surface area (Å²) in [5.41, 5.74) is 0. The third-order valence-corrected chi connectivity index (χ3v) is 5.30. The van der Waals surface area contributed by atoms with Crippen LogP contribution < -0.4 is 14.8 Å². The van der Waals surface area contributed by atoms with Crippen LogP contribution in [0.2, 0.25) is 0 Å². The van der Waals surface area contributed by atoms with E-state index in [0.717, 1.165) is 13.0 Å². The van der Waals surface area contributed by atoms with Crippen LogP contribution in [-0.2, 0) is 10.0 Å². The standard InChI is InChI=1S/C15H24N2O3S/c1-16-11-12-20-14-5-7-15(8-6-14)21(18,19)17-10-9-13-3-2-4-13/h5-8,13,16-17H,2-4,9-12H2,1H3. The van der Waals surface area contributed by atoms with Crippen LogP contribution in [0.5, 0.6) is 5.75 Å². The number of ether oxygens (including phenoxy) is 1. The van der Waals surface area contributed by atoms with Gasteiger partial charge >= 0.3 is 0 Å². The van der Waals surface area contributed by atoms with Crippen molar-refractivity contribution >= 4 is 10.0 Å². The number of rotatable bonds is 9. The molecule has 6 heteroatoms. The molecule has 0 saturated heterocycles. The maximum Gasteiger partial charge on any atom is 0.240 e. The van der Waals surface area contributed by atoms with Gasteiger partial charge in [-0.25, -0.2) is 13.1 Å². The van der Waals surface area contributed by atoms with Crippen molar-refractivity contribution < 1.29 is 13.2 Å². The fourth-order valence-electron chi connectivity index (χ4n) is 2.25. The van der Waals surface area contributed by atoms with Crippen LogP contribution in [-0.4, -0.2) is 35.2 Å². The Kier molecular flexibility index (Phi) is 6.02. The van der Waals surface area contributed by atoms with E-state index in [1.54, 1.807) is 24.3 Å². The van der Waals surface area contributed by atoms with Gasteiger partial charge in [-0.3, -0.25) is 0 Å². The topological polar surface area (TPSA) is 67.4 Å². The second-order valence-electron chi connectivity index (χ2n) is 5.41. The molecule has 0 amide bonds. The normalized spacial score (nSPS) is 15.7. The molecule has 1 aliphatic rings. The van der Waals surface area contributed by atoms with E-state index in [1.165, 1.54) is 19.3 Å². The average Bonchev–Trinajstić information content (AvgIpc) is 2.42. The van der Waals surface area contributed by atoms with Gasteiger partial charge in [0.05, 0.1) is 4.90 Å². The van der Waals surface area contributed by atoms with Gasteiger partial charge in [-0.1, -0.05) is 19.3 Å².